The first-order valence-electron chi connectivity index (χ1n) is 12.6. The summed E-state index contributed by atoms with van der Waals surface area (Å²) in [6.45, 7) is 4.23. The van der Waals surface area contributed by atoms with Crippen LogP contribution < -0.4 is 0 Å². The largest absolute Gasteiger partial charge is 0.467 e. The van der Waals surface area contributed by atoms with Gasteiger partial charge in [0, 0.05) is 29.8 Å². The molecule has 0 bridgehead atoms. The van der Waals surface area contributed by atoms with Crippen molar-refractivity contribution in [1.29, 1.82) is 0 Å². The molecule has 1 aromatic heterocycles. The van der Waals surface area contributed by atoms with E-state index in [-0.39, 0.29) is 18.1 Å². The minimum absolute atomic E-state index is 0.0512. The molecule has 2 aromatic carbocycles. The van der Waals surface area contributed by atoms with Gasteiger partial charge < -0.3 is 9.32 Å². The van der Waals surface area contributed by atoms with Gasteiger partial charge >= 0.3 is 0 Å². The van der Waals surface area contributed by atoms with E-state index in [4.69, 9.17) is 16.0 Å². The maximum Gasteiger partial charge on any atom is 0.226 e. The van der Waals surface area contributed by atoms with Gasteiger partial charge in [-0.3, -0.25) is 9.59 Å². The number of Topliss-reactive ketones (excluding diaryl/α,β-unsaturated/α-hetero) is 1. The Kier molecular flexibility index (Phi) is 8.48. The Balaban J connectivity index is 1.54. The van der Waals surface area contributed by atoms with Crippen molar-refractivity contribution in [2.75, 3.05) is 7.05 Å². The number of hydrogen-bond donors (Lipinski definition) is 0. The smallest absolute Gasteiger partial charge is 0.226 e. The van der Waals surface area contributed by atoms with Crippen molar-refractivity contribution in [2.45, 2.75) is 51.5 Å². The number of carbonyl (C=O) groups is 2. The normalized spacial score (nSPS) is 15.4. The lowest BCUT2D eigenvalue weighted by Gasteiger charge is -2.30. The zero-order valence-electron chi connectivity index (χ0n) is 20.9. The molecule has 4 rings (SSSR count). The van der Waals surface area contributed by atoms with Crippen LogP contribution in [0, 0.1) is 11.3 Å². The fourth-order valence-electron chi connectivity index (χ4n) is 5.43. The number of allylic oxidation sites excluding steroid dienone is 1. The molecule has 4 nitrogen and oxygen atoms in total. The van der Waals surface area contributed by atoms with Crippen molar-refractivity contribution < 1.29 is 14.0 Å². The highest BCUT2D eigenvalue weighted by atomic mass is 35.5. The van der Waals surface area contributed by atoms with E-state index < -0.39 is 11.3 Å². The molecule has 0 aliphatic heterocycles. The summed E-state index contributed by atoms with van der Waals surface area (Å²) in [5.41, 5.74) is 2.82. The summed E-state index contributed by atoms with van der Waals surface area (Å²) in [6.07, 6.45) is 6.43. The Labute approximate surface area is 219 Å². The van der Waals surface area contributed by atoms with Crippen LogP contribution in [0.3, 0.4) is 0 Å². The second kappa shape index (κ2) is 11.7. The van der Waals surface area contributed by atoms with Crippen LogP contribution in [-0.4, -0.2) is 23.6 Å². The molecule has 1 amide bonds. The molecular weight excluding hydrogens is 470 g/mol. The number of halogens is 1. The lowest BCUT2D eigenvalue weighted by Crippen LogP contribution is -2.38. The molecule has 0 N–H and O–H groups in total. The third kappa shape index (κ3) is 6.36. The molecule has 1 fully saturated rings. The zero-order chi connectivity index (χ0) is 25.5. The minimum Gasteiger partial charge on any atom is -0.467 e. The summed E-state index contributed by atoms with van der Waals surface area (Å²) < 4.78 is 5.44. The van der Waals surface area contributed by atoms with Crippen molar-refractivity contribution in [3.63, 3.8) is 0 Å². The fraction of sp³-hybridized carbons (Fsp3) is 0.355. The molecule has 1 aliphatic carbocycles. The molecule has 1 atom stereocenters. The van der Waals surface area contributed by atoms with E-state index in [2.05, 4.69) is 43.0 Å². The van der Waals surface area contributed by atoms with Gasteiger partial charge in [0.1, 0.15) is 11.5 Å². The van der Waals surface area contributed by atoms with Gasteiger partial charge in [-0.1, -0.05) is 85.6 Å². The first kappa shape index (κ1) is 26.0. The Morgan fingerprint density at radius 3 is 2.28 bits per heavy atom. The number of furan rings is 1. The van der Waals surface area contributed by atoms with Crippen LogP contribution in [0.15, 0.2) is 89.0 Å². The van der Waals surface area contributed by atoms with Gasteiger partial charge in [0.05, 0.1) is 12.8 Å². The molecule has 0 radical (unpaired) electrons. The summed E-state index contributed by atoms with van der Waals surface area (Å²) in [4.78, 5) is 29.0. The molecule has 1 heterocycles. The molecule has 0 spiro atoms. The van der Waals surface area contributed by atoms with E-state index in [0.717, 1.165) is 42.4 Å². The monoisotopic (exact) mass is 503 g/mol. The molecule has 0 saturated heterocycles. The average Bonchev–Trinajstić information content (AvgIpc) is 3.57. The Hall–Kier alpha value is -3.11. The van der Waals surface area contributed by atoms with Crippen LogP contribution in [0.25, 0.3) is 11.1 Å². The summed E-state index contributed by atoms with van der Waals surface area (Å²) in [7, 11) is 1.77. The number of nitrogens with zero attached hydrogens (tertiary/aromatic N) is 1. The Morgan fingerprint density at radius 2 is 1.67 bits per heavy atom. The lowest BCUT2D eigenvalue weighted by atomic mass is 9.74. The van der Waals surface area contributed by atoms with Crippen molar-refractivity contribution in [3.05, 3.63) is 95.9 Å². The molecule has 5 heteroatoms. The summed E-state index contributed by atoms with van der Waals surface area (Å²) in [6, 6.07) is 22.1. The SMILES string of the molecule is C=C(Cl)CC1(C(=O)C[C@@H](Cc2ccc(-c3ccccc3)cc2)C(=O)N(C)Cc2ccco2)CCCC1. The second-order valence-electron chi connectivity index (χ2n) is 10.0. The van der Waals surface area contributed by atoms with E-state index in [1.807, 2.05) is 30.3 Å². The fourth-order valence-corrected chi connectivity index (χ4v) is 5.69. The summed E-state index contributed by atoms with van der Waals surface area (Å²) in [5.74, 6) is 0.340. The molecule has 1 aliphatic rings. The van der Waals surface area contributed by atoms with Crippen LogP contribution in [-0.2, 0) is 22.6 Å². The summed E-state index contributed by atoms with van der Waals surface area (Å²) in [5, 5.41) is 0.513. The third-order valence-corrected chi connectivity index (χ3v) is 7.49. The number of amides is 1. The summed E-state index contributed by atoms with van der Waals surface area (Å²) >= 11 is 6.18. The standard InChI is InChI=1S/C31H34ClNO3/c1-23(32)21-31(16-6-7-17-31)29(34)20-27(30(35)33(2)22-28-11-8-18-36-28)19-24-12-14-26(15-13-24)25-9-4-3-5-10-25/h3-5,8-15,18,27H,1,6-7,16-17,19-22H2,2H3/t27-/m1/s1. The van der Waals surface area contributed by atoms with Gasteiger partial charge in [-0.05, 0) is 54.5 Å². The van der Waals surface area contributed by atoms with Crippen LogP contribution in [0.2, 0.25) is 0 Å². The second-order valence-corrected chi connectivity index (χ2v) is 10.6. The van der Waals surface area contributed by atoms with E-state index in [1.165, 1.54) is 0 Å². The highest BCUT2D eigenvalue weighted by Crippen LogP contribution is 2.45. The maximum atomic E-state index is 13.7. The predicted molar refractivity (Wildman–Crippen MR) is 144 cm³/mol. The van der Waals surface area contributed by atoms with Crippen LogP contribution in [0.1, 0.15) is 49.8 Å². The maximum absolute atomic E-state index is 13.7. The molecule has 36 heavy (non-hydrogen) atoms. The highest BCUT2D eigenvalue weighted by Gasteiger charge is 2.42. The van der Waals surface area contributed by atoms with Gasteiger partial charge in [0.15, 0.2) is 0 Å². The van der Waals surface area contributed by atoms with Crippen molar-refractivity contribution in [3.8, 4) is 11.1 Å². The zero-order valence-corrected chi connectivity index (χ0v) is 21.7. The number of benzene rings is 2. The molecule has 188 valence electrons. The van der Waals surface area contributed by atoms with Crippen molar-refractivity contribution >= 4 is 23.3 Å². The van der Waals surface area contributed by atoms with Gasteiger partial charge in [-0.2, -0.15) is 0 Å². The number of rotatable bonds is 11. The van der Waals surface area contributed by atoms with E-state index in [0.29, 0.717) is 30.2 Å². The molecular formula is C31H34ClNO3. The van der Waals surface area contributed by atoms with Crippen molar-refractivity contribution in [2.24, 2.45) is 11.3 Å². The molecule has 1 saturated carbocycles. The Morgan fingerprint density at radius 1 is 1.00 bits per heavy atom. The van der Waals surface area contributed by atoms with Crippen molar-refractivity contribution in [1.82, 2.24) is 4.90 Å². The first-order chi connectivity index (χ1) is 17.4. The molecule has 3 aromatic rings. The van der Waals surface area contributed by atoms with Crippen LogP contribution in [0.4, 0.5) is 0 Å². The topological polar surface area (TPSA) is 50.5 Å². The van der Waals surface area contributed by atoms with Crippen LogP contribution in [0.5, 0.6) is 0 Å². The average molecular weight is 504 g/mol. The lowest BCUT2D eigenvalue weighted by molar-refractivity contribution is -0.139. The predicted octanol–water partition coefficient (Wildman–Crippen LogP) is 7.43. The quantitative estimate of drug-likeness (QED) is 0.273. The van der Waals surface area contributed by atoms with Gasteiger partial charge in [0.25, 0.3) is 0 Å². The van der Waals surface area contributed by atoms with Gasteiger partial charge in [-0.25, -0.2) is 0 Å². The number of hydrogen-bond acceptors (Lipinski definition) is 3. The Bertz CT molecular complexity index is 1160. The van der Waals surface area contributed by atoms with Gasteiger partial charge in [-0.15, -0.1) is 0 Å². The van der Waals surface area contributed by atoms with Gasteiger partial charge in [0.2, 0.25) is 5.91 Å². The van der Waals surface area contributed by atoms with E-state index in [1.54, 1.807) is 18.2 Å². The number of carbonyl (C=O) groups excluding carboxylic acids is 2. The van der Waals surface area contributed by atoms with Crippen LogP contribution >= 0.6 is 11.6 Å². The number of ketones is 1. The minimum atomic E-state index is -0.492. The van der Waals surface area contributed by atoms with E-state index >= 15 is 0 Å². The third-order valence-electron chi connectivity index (χ3n) is 7.36. The van der Waals surface area contributed by atoms with E-state index in [9.17, 15) is 9.59 Å². The molecule has 0 unspecified atom stereocenters. The highest BCUT2D eigenvalue weighted by molar-refractivity contribution is 6.29. The first-order valence-corrected chi connectivity index (χ1v) is 13.0.